The molecule has 6 heteroatoms. The van der Waals surface area contributed by atoms with Gasteiger partial charge in [0.05, 0.1) is 6.61 Å². The molecule has 110 valence electrons. The number of rotatable bonds is 5. The molecule has 0 saturated carbocycles. The molecule has 0 aromatic heterocycles. The van der Waals surface area contributed by atoms with Crippen molar-refractivity contribution < 1.29 is 14.3 Å². The fourth-order valence-electron chi connectivity index (χ4n) is 2.20. The van der Waals surface area contributed by atoms with Gasteiger partial charge in [-0.25, -0.2) is 4.79 Å². The minimum atomic E-state index is -0.263. The summed E-state index contributed by atoms with van der Waals surface area (Å²) >= 11 is 0. The fourth-order valence-corrected chi connectivity index (χ4v) is 2.20. The van der Waals surface area contributed by atoms with Crippen LogP contribution < -0.4 is 11.1 Å². The van der Waals surface area contributed by atoms with Crippen LogP contribution in [0.2, 0.25) is 0 Å². The van der Waals surface area contributed by atoms with Crippen molar-refractivity contribution in [1.82, 2.24) is 10.2 Å². The summed E-state index contributed by atoms with van der Waals surface area (Å²) in [6, 6.07) is 0.138. The molecule has 1 atom stereocenters. The van der Waals surface area contributed by atoms with Gasteiger partial charge in [0, 0.05) is 31.6 Å². The lowest BCUT2D eigenvalue weighted by Crippen LogP contribution is -2.48. The third kappa shape index (κ3) is 4.70. The van der Waals surface area contributed by atoms with E-state index in [1.807, 2.05) is 6.92 Å². The van der Waals surface area contributed by atoms with Crippen LogP contribution in [-0.4, -0.2) is 49.2 Å². The fraction of sp³-hybridized carbons (Fsp3) is 0.846. The Morgan fingerprint density at radius 3 is 2.47 bits per heavy atom. The average molecular weight is 271 g/mol. The maximum atomic E-state index is 11.9. The molecule has 0 bridgehead atoms. The molecule has 0 aromatic rings. The number of amides is 2. The Morgan fingerprint density at radius 2 is 2.00 bits per heavy atom. The first-order valence-corrected chi connectivity index (χ1v) is 7.04. The number of ether oxygens (including phenoxy) is 1. The van der Waals surface area contributed by atoms with E-state index < -0.39 is 0 Å². The highest BCUT2D eigenvalue weighted by Crippen LogP contribution is 2.12. The number of piperidine rings is 1. The van der Waals surface area contributed by atoms with Gasteiger partial charge in [-0.3, -0.25) is 4.79 Å². The lowest BCUT2D eigenvalue weighted by Gasteiger charge is -2.32. The summed E-state index contributed by atoms with van der Waals surface area (Å²) in [5.41, 5.74) is 5.55. The molecule has 1 rings (SSSR count). The molecule has 1 heterocycles. The molecule has 0 aromatic carbocycles. The molecule has 1 saturated heterocycles. The molecule has 1 aliphatic heterocycles. The lowest BCUT2D eigenvalue weighted by atomic mass is 10.0. The molecule has 0 spiro atoms. The standard InChI is InChI=1S/C13H25N3O3/c1-3-10(9-14)12(17)15-11-5-7-16(8-6-11)13(18)19-4-2/h10-11H,3-9,14H2,1-2H3,(H,15,17). The molecule has 1 aliphatic rings. The van der Waals surface area contributed by atoms with E-state index in [1.165, 1.54) is 0 Å². The maximum Gasteiger partial charge on any atom is 0.409 e. The van der Waals surface area contributed by atoms with E-state index in [9.17, 15) is 9.59 Å². The van der Waals surface area contributed by atoms with Gasteiger partial charge in [0.25, 0.3) is 0 Å². The minimum Gasteiger partial charge on any atom is -0.450 e. The molecule has 1 fully saturated rings. The summed E-state index contributed by atoms with van der Waals surface area (Å²) in [4.78, 5) is 25.1. The van der Waals surface area contributed by atoms with Crippen LogP contribution in [0.5, 0.6) is 0 Å². The molecule has 1 unspecified atom stereocenters. The van der Waals surface area contributed by atoms with Crippen molar-refractivity contribution in [2.75, 3.05) is 26.2 Å². The lowest BCUT2D eigenvalue weighted by molar-refractivity contribution is -0.125. The second-order valence-electron chi connectivity index (χ2n) is 4.81. The first-order valence-electron chi connectivity index (χ1n) is 7.04. The quantitative estimate of drug-likeness (QED) is 0.771. The van der Waals surface area contributed by atoms with Gasteiger partial charge in [-0.1, -0.05) is 6.92 Å². The Labute approximate surface area is 114 Å². The first-order chi connectivity index (χ1) is 9.12. The van der Waals surface area contributed by atoms with Gasteiger partial charge in [-0.2, -0.15) is 0 Å². The largest absolute Gasteiger partial charge is 0.450 e. The first kappa shape index (κ1) is 15.8. The number of nitrogens with two attached hydrogens (primary N) is 1. The molecule has 0 radical (unpaired) electrons. The van der Waals surface area contributed by atoms with Crippen LogP contribution in [0.4, 0.5) is 4.79 Å². The van der Waals surface area contributed by atoms with Crippen molar-refractivity contribution in [2.24, 2.45) is 11.7 Å². The van der Waals surface area contributed by atoms with E-state index in [0.717, 1.165) is 19.3 Å². The van der Waals surface area contributed by atoms with Crippen LogP contribution >= 0.6 is 0 Å². The molecule has 2 amide bonds. The Hall–Kier alpha value is -1.30. The second kappa shape index (κ2) is 7.99. The van der Waals surface area contributed by atoms with Crippen LogP contribution in [0, 0.1) is 5.92 Å². The van der Waals surface area contributed by atoms with Gasteiger partial charge in [0.1, 0.15) is 0 Å². The Bertz CT molecular complexity index is 298. The Morgan fingerprint density at radius 1 is 1.37 bits per heavy atom. The summed E-state index contributed by atoms with van der Waals surface area (Å²) < 4.78 is 4.95. The van der Waals surface area contributed by atoms with E-state index in [4.69, 9.17) is 10.5 Å². The molecule has 0 aliphatic carbocycles. The van der Waals surface area contributed by atoms with Crippen LogP contribution in [0.3, 0.4) is 0 Å². The van der Waals surface area contributed by atoms with Gasteiger partial charge < -0.3 is 20.7 Å². The van der Waals surface area contributed by atoms with Crippen molar-refractivity contribution in [3.05, 3.63) is 0 Å². The summed E-state index contributed by atoms with van der Waals surface area (Å²) in [5, 5.41) is 3.01. The SMILES string of the molecule is CCOC(=O)N1CCC(NC(=O)C(CC)CN)CC1. The normalized spacial score (nSPS) is 17.9. The topological polar surface area (TPSA) is 84.7 Å². The van der Waals surface area contributed by atoms with E-state index in [2.05, 4.69) is 5.32 Å². The Balaban J connectivity index is 2.34. The van der Waals surface area contributed by atoms with Crippen molar-refractivity contribution in [3.63, 3.8) is 0 Å². The van der Waals surface area contributed by atoms with E-state index in [0.29, 0.717) is 26.2 Å². The monoisotopic (exact) mass is 271 g/mol. The van der Waals surface area contributed by atoms with E-state index >= 15 is 0 Å². The molecule has 3 N–H and O–H groups in total. The predicted octanol–water partition coefficient (Wildman–Crippen LogP) is 0.708. The average Bonchev–Trinajstić information content (AvgIpc) is 2.41. The summed E-state index contributed by atoms with van der Waals surface area (Å²) in [5.74, 6) is -0.0809. The summed E-state index contributed by atoms with van der Waals surface area (Å²) in [7, 11) is 0. The molecule has 19 heavy (non-hydrogen) atoms. The molecular weight excluding hydrogens is 246 g/mol. The zero-order valence-corrected chi connectivity index (χ0v) is 11.9. The van der Waals surface area contributed by atoms with Gasteiger partial charge in [0.2, 0.25) is 5.91 Å². The predicted molar refractivity (Wildman–Crippen MR) is 72.6 cm³/mol. The van der Waals surface area contributed by atoms with Crippen LogP contribution in [0.15, 0.2) is 0 Å². The summed E-state index contributed by atoms with van der Waals surface area (Å²) in [6.45, 7) is 5.78. The van der Waals surface area contributed by atoms with Crippen molar-refractivity contribution in [3.8, 4) is 0 Å². The van der Waals surface area contributed by atoms with Crippen LogP contribution in [0.25, 0.3) is 0 Å². The van der Waals surface area contributed by atoms with Crippen LogP contribution in [-0.2, 0) is 9.53 Å². The third-order valence-corrected chi connectivity index (χ3v) is 3.52. The van der Waals surface area contributed by atoms with Crippen molar-refractivity contribution in [1.29, 1.82) is 0 Å². The highest BCUT2D eigenvalue weighted by atomic mass is 16.6. The number of hydrogen-bond acceptors (Lipinski definition) is 4. The van der Waals surface area contributed by atoms with Gasteiger partial charge in [-0.05, 0) is 26.2 Å². The zero-order valence-electron chi connectivity index (χ0n) is 11.9. The minimum absolute atomic E-state index is 0.0274. The van der Waals surface area contributed by atoms with Crippen molar-refractivity contribution >= 4 is 12.0 Å². The Kier molecular flexibility index (Phi) is 6.62. The number of nitrogens with one attached hydrogen (secondary N) is 1. The maximum absolute atomic E-state index is 11.9. The smallest absolute Gasteiger partial charge is 0.409 e. The molecular formula is C13H25N3O3. The highest BCUT2D eigenvalue weighted by molar-refractivity contribution is 5.79. The number of likely N-dealkylation sites (tertiary alicyclic amines) is 1. The number of carbonyl (C=O) groups is 2. The van der Waals surface area contributed by atoms with Crippen LogP contribution in [0.1, 0.15) is 33.1 Å². The van der Waals surface area contributed by atoms with Gasteiger partial charge in [-0.15, -0.1) is 0 Å². The van der Waals surface area contributed by atoms with E-state index in [1.54, 1.807) is 11.8 Å². The highest BCUT2D eigenvalue weighted by Gasteiger charge is 2.25. The van der Waals surface area contributed by atoms with E-state index in [-0.39, 0.29) is 24.0 Å². The van der Waals surface area contributed by atoms with Gasteiger partial charge in [0.15, 0.2) is 0 Å². The van der Waals surface area contributed by atoms with Crippen molar-refractivity contribution in [2.45, 2.75) is 39.2 Å². The summed E-state index contributed by atoms with van der Waals surface area (Å²) in [6.07, 6.45) is 2.03. The zero-order chi connectivity index (χ0) is 14.3. The third-order valence-electron chi connectivity index (χ3n) is 3.52. The molecule has 6 nitrogen and oxygen atoms in total. The number of carbonyl (C=O) groups excluding carboxylic acids is 2. The number of nitrogens with zero attached hydrogens (tertiary/aromatic N) is 1. The number of hydrogen-bond donors (Lipinski definition) is 2. The second-order valence-corrected chi connectivity index (χ2v) is 4.81. The van der Waals surface area contributed by atoms with Gasteiger partial charge >= 0.3 is 6.09 Å².